The fourth-order valence-corrected chi connectivity index (χ4v) is 1.68. The topological polar surface area (TPSA) is 29.1 Å². The maximum atomic E-state index is 13.4. The molecule has 0 aliphatic heterocycles. The summed E-state index contributed by atoms with van der Waals surface area (Å²) in [5.41, 5.74) is 0.503. The van der Waals surface area contributed by atoms with Crippen molar-refractivity contribution in [2.75, 3.05) is 0 Å². The van der Waals surface area contributed by atoms with E-state index in [1.54, 1.807) is 24.3 Å². The minimum absolute atomic E-state index is 0.214. The van der Waals surface area contributed by atoms with Gasteiger partial charge in [0.05, 0.1) is 5.56 Å². The lowest BCUT2D eigenvalue weighted by atomic mass is 10.1. The number of carbonyl (C=O) groups excluding carboxylic acids is 1. The van der Waals surface area contributed by atoms with Crippen LogP contribution in [0.4, 0.5) is 8.78 Å². The van der Waals surface area contributed by atoms with E-state index in [-0.39, 0.29) is 12.1 Å². The van der Waals surface area contributed by atoms with Crippen LogP contribution in [-0.2, 0) is 6.54 Å². The molecule has 0 aliphatic rings. The molecule has 0 atom stereocenters. The van der Waals surface area contributed by atoms with Crippen molar-refractivity contribution in [3.8, 4) is 0 Å². The van der Waals surface area contributed by atoms with Gasteiger partial charge in [0, 0.05) is 11.6 Å². The molecular formula is C14H10ClF2NO. The molecule has 2 nitrogen and oxygen atoms in total. The average molecular weight is 282 g/mol. The number of carbonyl (C=O) groups is 1. The summed E-state index contributed by atoms with van der Waals surface area (Å²) in [6, 6.07) is 10.3. The zero-order valence-corrected chi connectivity index (χ0v) is 10.5. The SMILES string of the molecule is O=C(NCc1ccc(Cl)cc1)c1cccc(F)c1F. The molecule has 0 saturated heterocycles. The molecule has 0 unspecified atom stereocenters. The summed E-state index contributed by atoms with van der Waals surface area (Å²) in [4.78, 5) is 11.7. The zero-order chi connectivity index (χ0) is 13.8. The van der Waals surface area contributed by atoms with Crippen LogP contribution in [0.1, 0.15) is 15.9 Å². The molecule has 0 spiro atoms. The third-order valence-corrected chi connectivity index (χ3v) is 2.81. The van der Waals surface area contributed by atoms with Gasteiger partial charge in [-0.3, -0.25) is 4.79 Å². The minimum atomic E-state index is -1.14. The minimum Gasteiger partial charge on any atom is -0.348 e. The van der Waals surface area contributed by atoms with E-state index < -0.39 is 17.5 Å². The van der Waals surface area contributed by atoms with Crippen LogP contribution in [0, 0.1) is 11.6 Å². The lowest BCUT2D eigenvalue weighted by Crippen LogP contribution is -2.24. The quantitative estimate of drug-likeness (QED) is 0.916. The number of halogens is 3. The zero-order valence-electron chi connectivity index (χ0n) is 9.79. The molecule has 19 heavy (non-hydrogen) atoms. The average Bonchev–Trinajstić information content (AvgIpc) is 2.41. The van der Waals surface area contributed by atoms with Crippen molar-refractivity contribution in [2.45, 2.75) is 6.54 Å². The molecule has 1 amide bonds. The van der Waals surface area contributed by atoms with E-state index >= 15 is 0 Å². The Labute approximate surface area is 114 Å². The summed E-state index contributed by atoms with van der Waals surface area (Å²) >= 11 is 5.73. The van der Waals surface area contributed by atoms with Gasteiger partial charge in [-0.25, -0.2) is 8.78 Å². The van der Waals surface area contributed by atoms with Crippen LogP contribution in [0.25, 0.3) is 0 Å². The third kappa shape index (κ3) is 3.29. The lowest BCUT2D eigenvalue weighted by Gasteiger charge is -2.06. The molecule has 0 saturated carbocycles. The van der Waals surface area contributed by atoms with Gasteiger partial charge in [-0.2, -0.15) is 0 Å². The van der Waals surface area contributed by atoms with E-state index in [1.807, 2.05) is 0 Å². The van der Waals surface area contributed by atoms with Crippen molar-refractivity contribution >= 4 is 17.5 Å². The van der Waals surface area contributed by atoms with Gasteiger partial charge in [-0.1, -0.05) is 29.8 Å². The Morgan fingerprint density at radius 1 is 1.11 bits per heavy atom. The van der Waals surface area contributed by atoms with Gasteiger partial charge in [-0.15, -0.1) is 0 Å². The van der Waals surface area contributed by atoms with Crippen LogP contribution in [0.3, 0.4) is 0 Å². The van der Waals surface area contributed by atoms with Crippen LogP contribution in [0.2, 0.25) is 5.02 Å². The first-order valence-electron chi connectivity index (χ1n) is 5.54. The maximum absolute atomic E-state index is 13.4. The van der Waals surface area contributed by atoms with Crippen molar-refractivity contribution < 1.29 is 13.6 Å². The van der Waals surface area contributed by atoms with E-state index in [4.69, 9.17) is 11.6 Å². The summed E-state index contributed by atoms with van der Waals surface area (Å²) in [6.07, 6.45) is 0. The number of hydrogen-bond acceptors (Lipinski definition) is 1. The smallest absolute Gasteiger partial charge is 0.254 e. The largest absolute Gasteiger partial charge is 0.348 e. The number of hydrogen-bond donors (Lipinski definition) is 1. The fourth-order valence-electron chi connectivity index (χ4n) is 1.56. The highest BCUT2D eigenvalue weighted by molar-refractivity contribution is 6.30. The molecule has 0 bridgehead atoms. The van der Waals surface area contributed by atoms with Gasteiger partial charge in [0.2, 0.25) is 0 Å². The Morgan fingerprint density at radius 3 is 2.47 bits per heavy atom. The highest BCUT2D eigenvalue weighted by atomic mass is 35.5. The Bertz CT molecular complexity index is 599. The Kier molecular flexibility index (Phi) is 4.12. The van der Waals surface area contributed by atoms with E-state index in [2.05, 4.69) is 5.32 Å². The van der Waals surface area contributed by atoms with Crippen LogP contribution >= 0.6 is 11.6 Å². The molecule has 0 aliphatic carbocycles. The molecule has 1 N–H and O–H groups in total. The second kappa shape index (κ2) is 5.80. The molecule has 98 valence electrons. The first kappa shape index (κ1) is 13.5. The highest BCUT2D eigenvalue weighted by Crippen LogP contribution is 2.12. The molecule has 2 aromatic rings. The van der Waals surface area contributed by atoms with Gasteiger partial charge >= 0.3 is 0 Å². The Hall–Kier alpha value is -1.94. The normalized spacial score (nSPS) is 10.3. The molecule has 5 heteroatoms. The van der Waals surface area contributed by atoms with Gasteiger partial charge in [0.15, 0.2) is 11.6 Å². The second-order valence-corrected chi connectivity index (χ2v) is 4.35. The van der Waals surface area contributed by atoms with E-state index in [0.29, 0.717) is 5.02 Å². The Balaban J connectivity index is 2.05. The molecular weight excluding hydrogens is 272 g/mol. The van der Waals surface area contributed by atoms with Crippen molar-refractivity contribution in [1.29, 1.82) is 0 Å². The number of nitrogens with one attached hydrogen (secondary N) is 1. The molecule has 0 aromatic heterocycles. The monoisotopic (exact) mass is 281 g/mol. The summed E-state index contributed by atoms with van der Waals surface area (Å²) in [7, 11) is 0. The second-order valence-electron chi connectivity index (χ2n) is 3.91. The molecule has 0 radical (unpaired) electrons. The van der Waals surface area contributed by atoms with Crippen LogP contribution in [0.5, 0.6) is 0 Å². The first-order chi connectivity index (χ1) is 9.08. The van der Waals surface area contributed by atoms with E-state index in [1.165, 1.54) is 12.1 Å². The molecule has 0 heterocycles. The summed E-state index contributed by atoms with van der Waals surface area (Å²) in [6.45, 7) is 0.214. The lowest BCUT2D eigenvalue weighted by molar-refractivity contribution is 0.0946. The standard InChI is InChI=1S/C14H10ClF2NO/c15-10-6-4-9(5-7-10)8-18-14(19)11-2-1-3-12(16)13(11)17/h1-7H,8H2,(H,18,19). The Morgan fingerprint density at radius 2 is 1.79 bits per heavy atom. The molecule has 2 aromatic carbocycles. The number of rotatable bonds is 3. The van der Waals surface area contributed by atoms with Crippen molar-refractivity contribution in [3.05, 3.63) is 70.2 Å². The first-order valence-corrected chi connectivity index (χ1v) is 5.92. The van der Waals surface area contributed by atoms with Gasteiger partial charge in [-0.05, 0) is 29.8 Å². The van der Waals surface area contributed by atoms with Gasteiger partial charge in [0.1, 0.15) is 0 Å². The third-order valence-electron chi connectivity index (χ3n) is 2.56. The summed E-state index contributed by atoms with van der Waals surface area (Å²) in [5.74, 6) is -2.85. The fraction of sp³-hybridized carbons (Fsp3) is 0.0714. The number of amides is 1. The van der Waals surface area contributed by atoms with Crippen molar-refractivity contribution in [3.63, 3.8) is 0 Å². The van der Waals surface area contributed by atoms with Gasteiger partial charge in [0.25, 0.3) is 5.91 Å². The van der Waals surface area contributed by atoms with Gasteiger partial charge < -0.3 is 5.32 Å². The maximum Gasteiger partial charge on any atom is 0.254 e. The van der Waals surface area contributed by atoms with Crippen molar-refractivity contribution in [1.82, 2.24) is 5.32 Å². The number of benzene rings is 2. The van der Waals surface area contributed by atoms with Crippen LogP contribution in [-0.4, -0.2) is 5.91 Å². The van der Waals surface area contributed by atoms with Crippen LogP contribution < -0.4 is 5.32 Å². The van der Waals surface area contributed by atoms with E-state index in [9.17, 15) is 13.6 Å². The predicted octanol–water partition coefficient (Wildman–Crippen LogP) is 3.55. The van der Waals surface area contributed by atoms with Crippen LogP contribution in [0.15, 0.2) is 42.5 Å². The summed E-state index contributed by atoms with van der Waals surface area (Å²) in [5, 5.41) is 3.10. The van der Waals surface area contributed by atoms with E-state index in [0.717, 1.165) is 11.6 Å². The predicted molar refractivity (Wildman–Crippen MR) is 69.0 cm³/mol. The molecule has 2 rings (SSSR count). The highest BCUT2D eigenvalue weighted by Gasteiger charge is 2.14. The molecule has 0 fully saturated rings. The van der Waals surface area contributed by atoms with Crippen molar-refractivity contribution in [2.24, 2.45) is 0 Å². The summed E-state index contributed by atoms with van der Waals surface area (Å²) < 4.78 is 26.4.